The topological polar surface area (TPSA) is 66.8 Å². The van der Waals surface area contributed by atoms with E-state index in [1.807, 2.05) is 13.8 Å². The van der Waals surface area contributed by atoms with Crippen molar-refractivity contribution in [1.82, 2.24) is 4.90 Å². The molecule has 0 radical (unpaired) electrons. The molecule has 0 aromatic heterocycles. The summed E-state index contributed by atoms with van der Waals surface area (Å²) in [5.41, 5.74) is 0. The molecule has 0 unspecified atom stereocenters. The van der Waals surface area contributed by atoms with Crippen LogP contribution in [0.4, 0.5) is 0 Å². The molecule has 0 atom stereocenters. The summed E-state index contributed by atoms with van der Waals surface area (Å²) in [6.07, 6.45) is 2.68. The summed E-state index contributed by atoms with van der Waals surface area (Å²) < 4.78 is 5.16. The standard InChI is InChI=1S/C11H21NO4/c1-3-5-7-16-9-10(13)12(6-4-2)8-11(14)15/h3-9H2,1-2H3,(H,14,15). The summed E-state index contributed by atoms with van der Waals surface area (Å²) in [6, 6.07) is 0. The number of carboxylic acids is 1. The van der Waals surface area contributed by atoms with Crippen molar-refractivity contribution in [2.75, 3.05) is 26.3 Å². The van der Waals surface area contributed by atoms with Crippen molar-refractivity contribution >= 4 is 11.9 Å². The molecule has 0 heterocycles. The highest BCUT2D eigenvalue weighted by Gasteiger charge is 2.15. The summed E-state index contributed by atoms with van der Waals surface area (Å²) in [4.78, 5) is 23.4. The maximum Gasteiger partial charge on any atom is 0.323 e. The number of carboxylic acid groups (broad SMARTS) is 1. The first kappa shape index (κ1) is 14.9. The second-order valence-corrected chi connectivity index (χ2v) is 3.62. The largest absolute Gasteiger partial charge is 0.480 e. The van der Waals surface area contributed by atoms with Crippen LogP contribution >= 0.6 is 0 Å². The number of ether oxygens (including phenoxy) is 1. The zero-order chi connectivity index (χ0) is 12.4. The van der Waals surface area contributed by atoms with Gasteiger partial charge in [-0.25, -0.2) is 0 Å². The van der Waals surface area contributed by atoms with Gasteiger partial charge in [0, 0.05) is 13.2 Å². The van der Waals surface area contributed by atoms with Gasteiger partial charge in [-0.1, -0.05) is 20.3 Å². The number of nitrogens with zero attached hydrogens (tertiary/aromatic N) is 1. The fraction of sp³-hybridized carbons (Fsp3) is 0.818. The lowest BCUT2D eigenvalue weighted by Crippen LogP contribution is -2.38. The SMILES string of the molecule is CCCCOCC(=O)N(CCC)CC(=O)O. The van der Waals surface area contributed by atoms with Crippen molar-refractivity contribution in [3.8, 4) is 0 Å². The van der Waals surface area contributed by atoms with E-state index in [2.05, 4.69) is 0 Å². The van der Waals surface area contributed by atoms with Gasteiger partial charge in [0.25, 0.3) is 0 Å². The third-order valence-electron chi connectivity index (χ3n) is 2.04. The Labute approximate surface area is 96.4 Å². The molecule has 5 heteroatoms. The fourth-order valence-electron chi connectivity index (χ4n) is 1.22. The van der Waals surface area contributed by atoms with Crippen LogP contribution in [-0.4, -0.2) is 48.2 Å². The van der Waals surface area contributed by atoms with Gasteiger partial charge in [0.2, 0.25) is 5.91 Å². The first-order chi connectivity index (χ1) is 7.61. The maximum atomic E-state index is 11.6. The van der Waals surface area contributed by atoms with Crippen LogP contribution in [0.5, 0.6) is 0 Å². The first-order valence-electron chi connectivity index (χ1n) is 5.69. The van der Waals surface area contributed by atoms with Gasteiger partial charge in [-0.15, -0.1) is 0 Å². The molecule has 0 saturated carbocycles. The number of rotatable bonds is 9. The molecule has 0 spiro atoms. The van der Waals surface area contributed by atoms with E-state index in [4.69, 9.17) is 9.84 Å². The van der Waals surface area contributed by atoms with Crippen LogP contribution in [-0.2, 0) is 14.3 Å². The van der Waals surface area contributed by atoms with E-state index < -0.39 is 5.97 Å². The van der Waals surface area contributed by atoms with Gasteiger partial charge < -0.3 is 14.7 Å². The minimum absolute atomic E-state index is 0.0206. The maximum absolute atomic E-state index is 11.6. The van der Waals surface area contributed by atoms with Crippen LogP contribution in [0.2, 0.25) is 0 Å². The molecule has 5 nitrogen and oxygen atoms in total. The Balaban J connectivity index is 3.91. The third-order valence-corrected chi connectivity index (χ3v) is 2.04. The van der Waals surface area contributed by atoms with Crippen LogP contribution in [0.3, 0.4) is 0 Å². The number of carbonyl (C=O) groups excluding carboxylic acids is 1. The number of amides is 1. The smallest absolute Gasteiger partial charge is 0.323 e. The highest BCUT2D eigenvalue weighted by Crippen LogP contribution is 1.95. The molecule has 0 aliphatic carbocycles. The monoisotopic (exact) mass is 231 g/mol. The fourth-order valence-corrected chi connectivity index (χ4v) is 1.22. The Morgan fingerprint density at radius 2 is 1.94 bits per heavy atom. The Bertz CT molecular complexity index is 218. The van der Waals surface area contributed by atoms with Crippen molar-refractivity contribution in [2.24, 2.45) is 0 Å². The predicted octanol–water partition coefficient (Wildman–Crippen LogP) is 1.13. The number of carbonyl (C=O) groups is 2. The van der Waals surface area contributed by atoms with Crippen LogP contribution in [0.15, 0.2) is 0 Å². The number of hydrogen-bond acceptors (Lipinski definition) is 3. The van der Waals surface area contributed by atoms with Gasteiger partial charge in [0.1, 0.15) is 13.2 Å². The molecular formula is C11H21NO4. The van der Waals surface area contributed by atoms with Crippen LogP contribution < -0.4 is 0 Å². The summed E-state index contributed by atoms with van der Waals surface area (Å²) in [7, 11) is 0. The van der Waals surface area contributed by atoms with Gasteiger partial charge in [0.15, 0.2) is 0 Å². The summed E-state index contributed by atoms with van der Waals surface area (Å²) in [5.74, 6) is -1.24. The molecule has 0 rings (SSSR count). The van der Waals surface area contributed by atoms with Crippen molar-refractivity contribution in [3.05, 3.63) is 0 Å². The molecule has 1 N–H and O–H groups in total. The molecule has 0 aliphatic rings. The average molecular weight is 231 g/mol. The number of unbranched alkanes of at least 4 members (excludes halogenated alkanes) is 1. The van der Waals surface area contributed by atoms with Crippen LogP contribution in [0.25, 0.3) is 0 Å². The Morgan fingerprint density at radius 1 is 1.25 bits per heavy atom. The minimum Gasteiger partial charge on any atom is -0.480 e. The highest BCUT2D eigenvalue weighted by atomic mass is 16.5. The molecular weight excluding hydrogens is 210 g/mol. The normalized spacial score (nSPS) is 10.1. The average Bonchev–Trinajstić information content (AvgIpc) is 2.23. The van der Waals surface area contributed by atoms with Crippen molar-refractivity contribution in [3.63, 3.8) is 0 Å². The van der Waals surface area contributed by atoms with Gasteiger partial charge >= 0.3 is 5.97 Å². The molecule has 0 saturated heterocycles. The number of hydrogen-bond donors (Lipinski definition) is 1. The van der Waals surface area contributed by atoms with Crippen molar-refractivity contribution in [2.45, 2.75) is 33.1 Å². The van der Waals surface area contributed by atoms with Crippen molar-refractivity contribution < 1.29 is 19.4 Å². The van der Waals surface area contributed by atoms with Crippen molar-refractivity contribution in [1.29, 1.82) is 0 Å². The molecule has 0 aromatic rings. The Hall–Kier alpha value is -1.10. The zero-order valence-electron chi connectivity index (χ0n) is 10.1. The lowest BCUT2D eigenvalue weighted by atomic mass is 10.3. The molecule has 1 amide bonds. The van der Waals surface area contributed by atoms with E-state index in [1.54, 1.807) is 0 Å². The zero-order valence-corrected chi connectivity index (χ0v) is 10.1. The lowest BCUT2D eigenvalue weighted by molar-refractivity contribution is -0.146. The van der Waals surface area contributed by atoms with Crippen LogP contribution in [0.1, 0.15) is 33.1 Å². The number of aliphatic carboxylic acids is 1. The van der Waals surface area contributed by atoms with Gasteiger partial charge in [0.05, 0.1) is 0 Å². The van der Waals surface area contributed by atoms with E-state index in [9.17, 15) is 9.59 Å². The minimum atomic E-state index is -0.990. The van der Waals surface area contributed by atoms with Crippen LogP contribution in [0, 0.1) is 0 Å². The summed E-state index contributed by atoms with van der Waals surface area (Å²) in [6.45, 7) is 4.69. The predicted molar refractivity (Wildman–Crippen MR) is 60.2 cm³/mol. The van der Waals surface area contributed by atoms with E-state index in [1.165, 1.54) is 4.90 Å². The van der Waals surface area contributed by atoms with Gasteiger partial charge in [-0.2, -0.15) is 0 Å². The highest BCUT2D eigenvalue weighted by molar-refractivity contribution is 5.82. The first-order valence-corrected chi connectivity index (χ1v) is 5.69. The molecule has 0 bridgehead atoms. The van der Waals surface area contributed by atoms with Gasteiger partial charge in [-0.05, 0) is 12.8 Å². The molecule has 94 valence electrons. The molecule has 0 aliphatic heterocycles. The molecule has 0 aromatic carbocycles. The van der Waals surface area contributed by atoms with E-state index in [-0.39, 0.29) is 19.1 Å². The van der Waals surface area contributed by atoms with E-state index in [0.29, 0.717) is 13.2 Å². The summed E-state index contributed by atoms with van der Waals surface area (Å²) in [5, 5.41) is 8.63. The lowest BCUT2D eigenvalue weighted by Gasteiger charge is -2.19. The molecule has 16 heavy (non-hydrogen) atoms. The van der Waals surface area contributed by atoms with E-state index in [0.717, 1.165) is 19.3 Å². The summed E-state index contributed by atoms with van der Waals surface area (Å²) >= 11 is 0. The Kier molecular flexibility index (Phi) is 8.52. The Morgan fingerprint density at radius 3 is 2.44 bits per heavy atom. The van der Waals surface area contributed by atoms with Gasteiger partial charge in [-0.3, -0.25) is 9.59 Å². The second-order valence-electron chi connectivity index (χ2n) is 3.62. The molecule has 0 fully saturated rings. The third kappa shape index (κ3) is 7.23. The quantitative estimate of drug-likeness (QED) is 0.604. The second kappa shape index (κ2) is 9.15. The van der Waals surface area contributed by atoms with E-state index >= 15 is 0 Å².